The van der Waals surface area contributed by atoms with Gasteiger partial charge in [-0.2, -0.15) is 0 Å². The minimum atomic E-state index is -0.124. The maximum atomic E-state index is 11.8. The van der Waals surface area contributed by atoms with E-state index in [2.05, 4.69) is 5.32 Å². The first-order valence-corrected chi connectivity index (χ1v) is 7.47. The van der Waals surface area contributed by atoms with Crippen LogP contribution < -0.4 is 10.1 Å². The average Bonchev–Trinajstić information content (AvgIpc) is 2.49. The van der Waals surface area contributed by atoms with E-state index in [1.165, 1.54) is 12.1 Å². The molecule has 2 aromatic carbocycles. The van der Waals surface area contributed by atoms with Gasteiger partial charge in [-0.3, -0.25) is 4.79 Å². The lowest BCUT2D eigenvalue weighted by Crippen LogP contribution is -2.25. The van der Waals surface area contributed by atoms with E-state index in [-0.39, 0.29) is 21.7 Å². The number of rotatable bonds is 6. The smallest absolute Gasteiger partial charge is 0.251 e. The van der Waals surface area contributed by atoms with Gasteiger partial charge in [0.15, 0.2) is 5.75 Å². The molecule has 0 saturated carbocycles. The Balaban J connectivity index is 1.75. The number of amides is 1. The predicted molar refractivity (Wildman–Crippen MR) is 87.0 cm³/mol. The molecule has 0 aliphatic carbocycles. The number of hydrogen-bond donors (Lipinski definition) is 2. The van der Waals surface area contributed by atoms with Crippen molar-refractivity contribution in [2.24, 2.45) is 0 Å². The van der Waals surface area contributed by atoms with Crippen molar-refractivity contribution in [3.05, 3.63) is 58.1 Å². The Morgan fingerprint density at radius 3 is 2.41 bits per heavy atom. The molecule has 0 atom stereocenters. The van der Waals surface area contributed by atoms with Crippen LogP contribution in [0.15, 0.2) is 42.5 Å². The summed E-state index contributed by atoms with van der Waals surface area (Å²) < 4.78 is 5.48. The second kappa shape index (κ2) is 7.92. The summed E-state index contributed by atoms with van der Waals surface area (Å²) in [5.41, 5.74) is 0.619. The number of hydrogen-bond acceptors (Lipinski definition) is 3. The van der Waals surface area contributed by atoms with Crippen molar-refractivity contribution in [1.82, 2.24) is 5.32 Å². The van der Waals surface area contributed by atoms with E-state index >= 15 is 0 Å². The molecule has 2 N–H and O–H groups in total. The second-order valence-corrected chi connectivity index (χ2v) is 5.38. The fraction of sp³-hybridized carbons (Fsp3) is 0.188. The van der Waals surface area contributed by atoms with Gasteiger partial charge < -0.3 is 15.2 Å². The molecular formula is C16H15Cl2NO3. The number of nitrogens with one attached hydrogen (secondary N) is 1. The van der Waals surface area contributed by atoms with E-state index in [1.807, 2.05) is 18.2 Å². The molecule has 0 fully saturated rings. The quantitative estimate of drug-likeness (QED) is 0.784. The highest BCUT2D eigenvalue weighted by Crippen LogP contribution is 2.36. The zero-order valence-corrected chi connectivity index (χ0v) is 13.2. The Hall–Kier alpha value is -1.91. The zero-order valence-electron chi connectivity index (χ0n) is 11.7. The molecule has 0 bridgehead atoms. The molecule has 0 aromatic heterocycles. The molecule has 2 aromatic rings. The first-order chi connectivity index (χ1) is 10.6. The maximum Gasteiger partial charge on any atom is 0.251 e. The zero-order chi connectivity index (χ0) is 15.9. The van der Waals surface area contributed by atoms with Crippen LogP contribution in [0, 0.1) is 0 Å². The highest BCUT2D eigenvalue weighted by Gasteiger charge is 2.09. The lowest BCUT2D eigenvalue weighted by atomic mass is 10.2. The minimum absolute atomic E-state index is 0.0162. The van der Waals surface area contributed by atoms with Gasteiger partial charge in [0.1, 0.15) is 5.75 Å². The van der Waals surface area contributed by atoms with Crippen LogP contribution in [-0.2, 0) is 0 Å². The Kier molecular flexibility index (Phi) is 5.92. The number of phenolic OH excluding ortho intramolecular Hbond substituents is 1. The standard InChI is InChI=1S/C16H15Cl2NO3/c17-13-9-12(20)10-14(18)15(13)22-8-4-7-19-16(21)11-5-2-1-3-6-11/h1-3,5-6,9-10,20H,4,7-8H2,(H,19,21). The van der Waals surface area contributed by atoms with E-state index in [9.17, 15) is 9.90 Å². The largest absolute Gasteiger partial charge is 0.508 e. The lowest BCUT2D eigenvalue weighted by Gasteiger charge is -2.10. The van der Waals surface area contributed by atoms with Crippen LogP contribution in [0.1, 0.15) is 16.8 Å². The fourth-order valence-corrected chi connectivity index (χ4v) is 2.41. The van der Waals surface area contributed by atoms with Crippen molar-refractivity contribution in [3.8, 4) is 11.5 Å². The average molecular weight is 340 g/mol. The summed E-state index contributed by atoms with van der Waals surface area (Å²) in [5, 5.41) is 12.6. The Bertz CT molecular complexity index is 624. The van der Waals surface area contributed by atoms with Crippen LogP contribution in [0.5, 0.6) is 11.5 Å². The van der Waals surface area contributed by atoms with Gasteiger partial charge in [-0.25, -0.2) is 0 Å². The first-order valence-electron chi connectivity index (χ1n) is 6.72. The van der Waals surface area contributed by atoms with Crippen molar-refractivity contribution >= 4 is 29.1 Å². The summed E-state index contributed by atoms with van der Waals surface area (Å²) in [4.78, 5) is 11.8. The van der Waals surface area contributed by atoms with E-state index in [0.717, 1.165) is 0 Å². The molecular weight excluding hydrogens is 325 g/mol. The molecule has 0 unspecified atom stereocenters. The van der Waals surface area contributed by atoms with E-state index in [4.69, 9.17) is 27.9 Å². The van der Waals surface area contributed by atoms with E-state index < -0.39 is 0 Å². The summed E-state index contributed by atoms with van der Waals surface area (Å²) >= 11 is 11.9. The highest BCUT2D eigenvalue weighted by molar-refractivity contribution is 6.37. The lowest BCUT2D eigenvalue weighted by molar-refractivity contribution is 0.0951. The van der Waals surface area contributed by atoms with Gasteiger partial charge in [0, 0.05) is 24.2 Å². The van der Waals surface area contributed by atoms with Gasteiger partial charge in [-0.1, -0.05) is 41.4 Å². The molecule has 0 saturated heterocycles. The van der Waals surface area contributed by atoms with Crippen molar-refractivity contribution in [1.29, 1.82) is 0 Å². The van der Waals surface area contributed by atoms with Crippen molar-refractivity contribution in [2.45, 2.75) is 6.42 Å². The molecule has 0 aliphatic rings. The summed E-state index contributed by atoms with van der Waals surface area (Å²) in [7, 11) is 0. The topological polar surface area (TPSA) is 58.6 Å². The molecule has 0 radical (unpaired) electrons. The van der Waals surface area contributed by atoms with Crippen LogP contribution in [0.2, 0.25) is 10.0 Å². The summed E-state index contributed by atoms with van der Waals surface area (Å²) in [6, 6.07) is 11.7. The monoisotopic (exact) mass is 339 g/mol. The third kappa shape index (κ3) is 4.55. The third-order valence-corrected chi connectivity index (χ3v) is 3.43. The molecule has 22 heavy (non-hydrogen) atoms. The van der Waals surface area contributed by atoms with Crippen molar-refractivity contribution in [2.75, 3.05) is 13.2 Å². The predicted octanol–water partition coefficient (Wildman–Crippen LogP) is 3.90. The molecule has 6 heteroatoms. The Labute approximate surface area is 138 Å². The van der Waals surface area contributed by atoms with Gasteiger partial charge in [-0.05, 0) is 18.6 Å². The molecule has 4 nitrogen and oxygen atoms in total. The van der Waals surface area contributed by atoms with E-state index in [0.29, 0.717) is 30.9 Å². The van der Waals surface area contributed by atoms with Gasteiger partial charge in [-0.15, -0.1) is 0 Å². The molecule has 0 spiro atoms. The SMILES string of the molecule is O=C(NCCCOc1c(Cl)cc(O)cc1Cl)c1ccccc1. The van der Waals surface area contributed by atoms with Gasteiger partial charge >= 0.3 is 0 Å². The molecule has 2 rings (SSSR count). The number of carbonyl (C=O) groups is 1. The third-order valence-electron chi connectivity index (χ3n) is 2.87. The maximum absolute atomic E-state index is 11.8. The van der Waals surface area contributed by atoms with Crippen molar-refractivity contribution in [3.63, 3.8) is 0 Å². The van der Waals surface area contributed by atoms with Gasteiger partial charge in [0.25, 0.3) is 5.91 Å². The molecule has 1 amide bonds. The fourth-order valence-electron chi connectivity index (χ4n) is 1.82. The number of carbonyl (C=O) groups excluding carboxylic acids is 1. The summed E-state index contributed by atoms with van der Waals surface area (Å²) in [6.07, 6.45) is 0.603. The summed E-state index contributed by atoms with van der Waals surface area (Å²) in [6.45, 7) is 0.820. The number of aromatic hydroxyl groups is 1. The Morgan fingerprint density at radius 1 is 1.14 bits per heavy atom. The number of benzene rings is 2. The highest BCUT2D eigenvalue weighted by atomic mass is 35.5. The first kappa shape index (κ1) is 16.5. The number of phenols is 1. The van der Waals surface area contributed by atoms with Crippen LogP contribution in [-0.4, -0.2) is 24.2 Å². The Morgan fingerprint density at radius 2 is 1.77 bits per heavy atom. The van der Waals surface area contributed by atoms with Crippen LogP contribution in [0.3, 0.4) is 0 Å². The molecule has 0 aliphatic heterocycles. The summed E-state index contributed by atoms with van der Waals surface area (Å²) in [5.74, 6) is 0.189. The van der Waals surface area contributed by atoms with Crippen LogP contribution in [0.4, 0.5) is 0 Å². The number of ether oxygens (including phenoxy) is 1. The number of halogens is 2. The molecule has 0 heterocycles. The van der Waals surface area contributed by atoms with Crippen LogP contribution >= 0.6 is 23.2 Å². The van der Waals surface area contributed by atoms with Crippen LogP contribution in [0.25, 0.3) is 0 Å². The van der Waals surface area contributed by atoms with E-state index in [1.54, 1.807) is 12.1 Å². The minimum Gasteiger partial charge on any atom is -0.508 e. The van der Waals surface area contributed by atoms with Gasteiger partial charge in [0.05, 0.1) is 16.7 Å². The van der Waals surface area contributed by atoms with Crippen molar-refractivity contribution < 1.29 is 14.6 Å². The van der Waals surface area contributed by atoms with Gasteiger partial charge in [0.2, 0.25) is 0 Å². The molecule has 116 valence electrons. The second-order valence-electron chi connectivity index (χ2n) is 4.56. The normalized spacial score (nSPS) is 10.3.